The molecule has 1 atom stereocenters. The number of nitrogens with zero attached hydrogens (tertiary/aromatic N) is 1. The number of nitriles is 1. The van der Waals surface area contributed by atoms with Crippen molar-refractivity contribution < 1.29 is 9.47 Å². The summed E-state index contributed by atoms with van der Waals surface area (Å²) in [5.41, 5.74) is 0.845. The number of methoxy groups -OCH3 is 1. The van der Waals surface area contributed by atoms with Crippen LogP contribution in [-0.4, -0.2) is 20.3 Å². The minimum atomic E-state index is -0.224. The Morgan fingerprint density at radius 3 is 2.72 bits per heavy atom. The standard InChI is InChI=1S/C14H16BrNO2/c1-3-10(7-16)14(8-18-9-14)12-6-11(15)4-5-13(12)17-2/h4-6,10H,3,8-9H2,1-2H3. The van der Waals surface area contributed by atoms with Crippen LogP contribution in [0, 0.1) is 17.2 Å². The second-order valence-corrected chi connectivity index (χ2v) is 5.50. The van der Waals surface area contributed by atoms with Crippen molar-refractivity contribution in [1.29, 1.82) is 5.26 Å². The van der Waals surface area contributed by atoms with Gasteiger partial charge in [-0.2, -0.15) is 5.26 Å². The molecule has 1 heterocycles. The molecular formula is C14H16BrNO2. The highest BCUT2D eigenvalue weighted by Gasteiger charge is 2.48. The van der Waals surface area contributed by atoms with E-state index in [4.69, 9.17) is 9.47 Å². The third kappa shape index (κ3) is 2.02. The van der Waals surface area contributed by atoms with E-state index in [9.17, 15) is 5.26 Å². The lowest BCUT2D eigenvalue weighted by molar-refractivity contribution is -0.0813. The van der Waals surface area contributed by atoms with E-state index in [2.05, 4.69) is 22.0 Å². The topological polar surface area (TPSA) is 42.2 Å². The van der Waals surface area contributed by atoms with Crippen molar-refractivity contribution >= 4 is 15.9 Å². The Morgan fingerprint density at radius 1 is 1.56 bits per heavy atom. The molecule has 1 aliphatic heterocycles. The van der Waals surface area contributed by atoms with Gasteiger partial charge in [0.2, 0.25) is 0 Å². The molecule has 0 bridgehead atoms. The monoisotopic (exact) mass is 309 g/mol. The fraction of sp³-hybridized carbons (Fsp3) is 0.500. The molecule has 2 rings (SSSR count). The van der Waals surface area contributed by atoms with Gasteiger partial charge in [0.1, 0.15) is 5.75 Å². The van der Waals surface area contributed by atoms with Crippen LogP contribution in [0.1, 0.15) is 18.9 Å². The molecule has 0 spiro atoms. The summed E-state index contributed by atoms with van der Waals surface area (Å²) in [4.78, 5) is 0. The summed E-state index contributed by atoms with van der Waals surface area (Å²) in [5, 5.41) is 9.36. The van der Waals surface area contributed by atoms with Crippen molar-refractivity contribution in [3.05, 3.63) is 28.2 Å². The van der Waals surface area contributed by atoms with Crippen molar-refractivity contribution in [3.8, 4) is 11.8 Å². The van der Waals surface area contributed by atoms with Crippen molar-refractivity contribution in [2.45, 2.75) is 18.8 Å². The summed E-state index contributed by atoms with van der Waals surface area (Å²) in [7, 11) is 1.66. The zero-order valence-electron chi connectivity index (χ0n) is 10.6. The van der Waals surface area contributed by atoms with Crippen LogP contribution in [0.4, 0.5) is 0 Å². The first-order valence-electron chi connectivity index (χ1n) is 5.99. The van der Waals surface area contributed by atoms with Gasteiger partial charge in [-0.15, -0.1) is 0 Å². The van der Waals surface area contributed by atoms with Crippen LogP contribution in [0.25, 0.3) is 0 Å². The average molecular weight is 310 g/mol. The van der Waals surface area contributed by atoms with Crippen molar-refractivity contribution in [2.24, 2.45) is 5.92 Å². The number of benzene rings is 1. The van der Waals surface area contributed by atoms with Crippen LogP contribution in [0.15, 0.2) is 22.7 Å². The van der Waals surface area contributed by atoms with Gasteiger partial charge in [-0.1, -0.05) is 22.9 Å². The minimum Gasteiger partial charge on any atom is -0.496 e. The lowest BCUT2D eigenvalue weighted by Crippen LogP contribution is -2.52. The van der Waals surface area contributed by atoms with Crippen LogP contribution in [-0.2, 0) is 10.2 Å². The van der Waals surface area contributed by atoms with Crippen molar-refractivity contribution in [1.82, 2.24) is 0 Å². The van der Waals surface area contributed by atoms with Crippen LogP contribution in [0.3, 0.4) is 0 Å². The lowest BCUT2D eigenvalue weighted by Gasteiger charge is -2.45. The zero-order valence-corrected chi connectivity index (χ0v) is 12.2. The Morgan fingerprint density at radius 2 is 2.28 bits per heavy atom. The summed E-state index contributed by atoms with van der Waals surface area (Å²) < 4.78 is 11.8. The van der Waals surface area contributed by atoms with E-state index < -0.39 is 0 Å². The van der Waals surface area contributed by atoms with Gasteiger partial charge in [0.15, 0.2) is 0 Å². The molecule has 0 N–H and O–H groups in total. The summed E-state index contributed by atoms with van der Waals surface area (Å²) >= 11 is 3.48. The number of ether oxygens (including phenoxy) is 2. The molecule has 1 saturated heterocycles. The van der Waals surface area contributed by atoms with Crippen molar-refractivity contribution in [2.75, 3.05) is 20.3 Å². The van der Waals surface area contributed by atoms with Gasteiger partial charge in [0.05, 0.1) is 37.7 Å². The first-order valence-corrected chi connectivity index (χ1v) is 6.78. The van der Waals surface area contributed by atoms with Crippen LogP contribution >= 0.6 is 15.9 Å². The van der Waals surface area contributed by atoms with Gasteiger partial charge < -0.3 is 9.47 Å². The highest BCUT2D eigenvalue weighted by atomic mass is 79.9. The molecule has 1 unspecified atom stereocenters. The third-order valence-electron chi connectivity index (χ3n) is 3.65. The SMILES string of the molecule is CCC(C#N)C1(c2cc(Br)ccc2OC)COC1. The van der Waals surface area contributed by atoms with Crippen LogP contribution < -0.4 is 4.74 Å². The van der Waals surface area contributed by atoms with Gasteiger partial charge in [0, 0.05) is 10.0 Å². The highest BCUT2D eigenvalue weighted by Crippen LogP contribution is 2.45. The predicted octanol–water partition coefficient (Wildman–Crippen LogP) is 3.28. The maximum Gasteiger partial charge on any atom is 0.122 e. The second-order valence-electron chi connectivity index (χ2n) is 4.58. The quantitative estimate of drug-likeness (QED) is 0.857. The maximum atomic E-state index is 9.36. The predicted molar refractivity (Wildman–Crippen MR) is 72.6 cm³/mol. The highest BCUT2D eigenvalue weighted by molar-refractivity contribution is 9.10. The molecule has 0 aromatic heterocycles. The molecule has 96 valence electrons. The molecule has 18 heavy (non-hydrogen) atoms. The second kappa shape index (κ2) is 5.29. The molecule has 1 aliphatic rings. The Kier molecular flexibility index (Phi) is 3.94. The molecule has 1 aromatic carbocycles. The van der Waals surface area contributed by atoms with Gasteiger partial charge in [-0.25, -0.2) is 0 Å². The largest absolute Gasteiger partial charge is 0.496 e. The molecule has 0 radical (unpaired) electrons. The van der Waals surface area contributed by atoms with E-state index >= 15 is 0 Å². The fourth-order valence-electron chi connectivity index (χ4n) is 2.54. The minimum absolute atomic E-state index is 0.0468. The van der Waals surface area contributed by atoms with E-state index in [0.717, 1.165) is 22.2 Å². The summed E-state index contributed by atoms with van der Waals surface area (Å²) in [6.07, 6.45) is 0.815. The van der Waals surface area contributed by atoms with Crippen LogP contribution in [0.2, 0.25) is 0 Å². The Balaban J connectivity index is 2.51. The van der Waals surface area contributed by atoms with Gasteiger partial charge in [-0.05, 0) is 24.6 Å². The number of hydrogen-bond acceptors (Lipinski definition) is 3. The molecule has 1 aromatic rings. The third-order valence-corrected chi connectivity index (χ3v) is 4.14. The molecule has 0 aliphatic carbocycles. The first-order chi connectivity index (χ1) is 8.67. The summed E-state index contributed by atoms with van der Waals surface area (Å²) in [6, 6.07) is 8.34. The zero-order chi connectivity index (χ0) is 13.2. The Hall–Kier alpha value is -1.05. The smallest absolute Gasteiger partial charge is 0.122 e. The van der Waals surface area contributed by atoms with Gasteiger partial charge in [-0.3, -0.25) is 0 Å². The average Bonchev–Trinajstić information content (AvgIpc) is 2.33. The van der Waals surface area contributed by atoms with E-state index in [-0.39, 0.29) is 11.3 Å². The Labute approximate surface area is 116 Å². The summed E-state index contributed by atoms with van der Waals surface area (Å²) in [5.74, 6) is 0.782. The Bertz CT molecular complexity index is 477. The molecule has 0 saturated carbocycles. The normalized spacial score (nSPS) is 18.6. The number of rotatable bonds is 4. The van der Waals surface area contributed by atoms with E-state index in [1.807, 2.05) is 25.1 Å². The van der Waals surface area contributed by atoms with Gasteiger partial charge >= 0.3 is 0 Å². The maximum absolute atomic E-state index is 9.36. The number of halogens is 1. The fourth-order valence-corrected chi connectivity index (χ4v) is 2.90. The molecule has 0 amide bonds. The number of hydrogen-bond donors (Lipinski definition) is 0. The molecule has 4 heteroatoms. The molecule has 3 nitrogen and oxygen atoms in total. The van der Waals surface area contributed by atoms with E-state index in [1.165, 1.54) is 0 Å². The van der Waals surface area contributed by atoms with Crippen LogP contribution in [0.5, 0.6) is 5.75 Å². The molecular weight excluding hydrogens is 294 g/mol. The first kappa shape index (κ1) is 13.4. The lowest BCUT2D eigenvalue weighted by atomic mass is 9.68. The van der Waals surface area contributed by atoms with Crippen molar-refractivity contribution in [3.63, 3.8) is 0 Å². The molecule has 1 fully saturated rings. The van der Waals surface area contributed by atoms with E-state index in [0.29, 0.717) is 13.2 Å². The summed E-state index contributed by atoms with van der Waals surface area (Å²) in [6.45, 7) is 3.22. The van der Waals surface area contributed by atoms with E-state index in [1.54, 1.807) is 7.11 Å². The van der Waals surface area contributed by atoms with Gasteiger partial charge in [0.25, 0.3) is 0 Å².